The largest absolute Gasteiger partial charge is 0.389 e. The van der Waals surface area contributed by atoms with Crippen LogP contribution in [0.25, 0.3) is 0 Å². The summed E-state index contributed by atoms with van der Waals surface area (Å²) in [4.78, 5) is 14.7. The summed E-state index contributed by atoms with van der Waals surface area (Å²) < 4.78 is 0. The molecule has 0 saturated carbocycles. The van der Waals surface area contributed by atoms with Gasteiger partial charge in [0.15, 0.2) is 0 Å². The maximum absolute atomic E-state index is 12.0. The van der Waals surface area contributed by atoms with Crippen LogP contribution in [0.15, 0.2) is 17.5 Å². The third kappa shape index (κ3) is 3.61. The van der Waals surface area contributed by atoms with Crippen molar-refractivity contribution in [1.82, 2.24) is 4.90 Å². The summed E-state index contributed by atoms with van der Waals surface area (Å²) in [7, 11) is 1.73. The van der Waals surface area contributed by atoms with Crippen LogP contribution in [0, 0.1) is 0 Å². The van der Waals surface area contributed by atoms with E-state index in [0.29, 0.717) is 6.54 Å². The molecular weight excluding hydrogens is 222 g/mol. The normalized spacial score (nSPS) is 13.6. The van der Waals surface area contributed by atoms with Gasteiger partial charge in [-0.05, 0) is 32.2 Å². The molecule has 16 heavy (non-hydrogen) atoms. The molecule has 1 amide bonds. The number of likely N-dealkylation sites (N-methyl/N-ethyl adjacent to an activating group) is 1. The van der Waals surface area contributed by atoms with Crippen molar-refractivity contribution in [2.75, 3.05) is 13.6 Å². The Labute approximate surface area is 101 Å². The molecule has 1 heterocycles. The standard InChI is InChI=1S/C12H19NO2S/c1-9(10-6-5-7-16-10)11(14)13(4)8-12(2,3)15/h5-7,9,15H,8H2,1-4H3. The highest BCUT2D eigenvalue weighted by atomic mass is 32.1. The van der Waals surface area contributed by atoms with Crippen LogP contribution >= 0.6 is 11.3 Å². The van der Waals surface area contributed by atoms with Gasteiger partial charge >= 0.3 is 0 Å². The Bertz CT molecular complexity index is 340. The molecule has 0 aliphatic carbocycles. The molecule has 0 radical (unpaired) electrons. The molecule has 0 spiro atoms. The Hall–Kier alpha value is -0.870. The highest BCUT2D eigenvalue weighted by Gasteiger charge is 2.24. The SMILES string of the molecule is CC(C(=O)N(C)CC(C)(C)O)c1cccs1. The minimum Gasteiger partial charge on any atom is -0.389 e. The summed E-state index contributed by atoms with van der Waals surface area (Å²) >= 11 is 1.58. The molecule has 1 aromatic heterocycles. The lowest BCUT2D eigenvalue weighted by molar-refractivity contribution is -0.133. The van der Waals surface area contributed by atoms with Crippen molar-refractivity contribution in [3.8, 4) is 0 Å². The quantitative estimate of drug-likeness (QED) is 0.876. The fourth-order valence-corrected chi connectivity index (χ4v) is 2.42. The second-order valence-corrected chi connectivity index (χ2v) is 5.72. The van der Waals surface area contributed by atoms with E-state index in [1.807, 2.05) is 24.4 Å². The third-order valence-corrected chi connectivity index (χ3v) is 3.40. The first-order valence-corrected chi connectivity index (χ1v) is 6.20. The van der Waals surface area contributed by atoms with Gasteiger partial charge in [-0.15, -0.1) is 11.3 Å². The topological polar surface area (TPSA) is 40.5 Å². The molecule has 1 aromatic rings. The fraction of sp³-hybridized carbons (Fsp3) is 0.583. The second-order valence-electron chi connectivity index (χ2n) is 4.74. The van der Waals surface area contributed by atoms with Gasteiger partial charge < -0.3 is 10.0 Å². The van der Waals surface area contributed by atoms with Crippen LogP contribution in [0.5, 0.6) is 0 Å². The number of rotatable bonds is 4. The number of carbonyl (C=O) groups is 1. The molecule has 0 aromatic carbocycles. The molecular formula is C12H19NO2S. The first-order chi connectivity index (χ1) is 7.31. The van der Waals surface area contributed by atoms with Gasteiger partial charge in [0.2, 0.25) is 5.91 Å². The van der Waals surface area contributed by atoms with Gasteiger partial charge in [0.05, 0.1) is 11.5 Å². The molecule has 90 valence electrons. The number of aliphatic hydroxyl groups is 1. The van der Waals surface area contributed by atoms with Crippen molar-refractivity contribution in [1.29, 1.82) is 0 Å². The second kappa shape index (κ2) is 4.97. The fourth-order valence-electron chi connectivity index (χ4n) is 1.65. The molecule has 0 aliphatic heterocycles. The number of hydrogen-bond acceptors (Lipinski definition) is 3. The summed E-state index contributed by atoms with van der Waals surface area (Å²) in [6.45, 7) is 5.65. The summed E-state index contributed by atoms with van der Waals surface area (Å²) in [6, 6.07) is 3.91. The molecule has 1 unspecified atom stereocenters. The van der Waals surface area contributed by atoms with Crippen molar-refractivity contribution in [3.05, 3.63) is 22.4 Å². The first kappa shape index (κ1) is 13.2. The Morgan fingerprint density at radius 2 is 2.25 bits per heavy atom. The monoisotopic (exact) mass is 241 g/mol. The highest BCUT2D eigenvalue weighted by Crippen LogP contribution is 2.22. The zero-order valence-corrected chi connectivity index (χ0v) is 11.0. The Morgan fingerprint density at radius 3 is 2.69 bits per heavy atom. The number of hydrogen-bond donors (Lipinski definition) is 1. The number of carbonyl (C=O) groups excluding carboxylic acids is 1. The van der Waals surface area contributed by atoms with E-state index in [1.54, 1.807) is 37.1 Å². The number of amides is 1. The van der Waals surface area contributed by atoms with Gasteiger partial charge in [0.1, 0.15) is 0 Å². The van der Waals surface area contributed by atoms with Crippen LogP contribution in [0.2, 0.25) is 0 Å². The first-order valence-electron chi connectivity index (χ1n) is 5.32. The zero-order valence-electron chi connectivity index (χ0n) is 10.2. The van der Waals surface area contributed by atoms with Crippen molar-refractivity contribution in [2.24, 2.45) is 0 Å². The highest BCUT2D eigenvalue weighted by molar-refractivity contribution is 7.10. The zero-order chi connectivity index (χ0) is 12.3. The van der Waals surface area contributed by atoms with Crippen LogP contribution in [0.3, 0.4) is 0 Å². The van der Waals surface area contributed by atoms with E-state index in [-0.39, 0.29) is 11.8 Å². The molecule has 0 fully saturated rings. The van der Waals surface area contributed by atoms with E-state index >= 15 is 0 Å². The number of nitrogens with zero attached hydrogens (tertiary/aromatic N) is 1. The van der Waals surface area contributed by atoms with Crippen LogP contribution in [-0.4, -0.2) is 35.1 Å². The van der Waals surface area contributed by atoms with Crippen LogP contribution < -0.4 is 0 Å². The van der Waals surface area contributed by atoms with E-state index in [1.165, 1.54) is 0 Å². The Balaban J connectivity index is 2.64. The minimum atomic E-state index is -0.848. The molecule has 1 N–H and O–H groups in total. The van der Waals surface area contributed by atoms with E-state index in [4.69, 9.17) is 0 Å². The lowest BCUT2D eigenvalue weighted by Gasteiger charge is -2.27. The maximum atomic E-state index is 12.0. The molecule has 3 nitrogen and oxygen atoms in total. The van der Waals surface area contributed by atoms with Gasteiger partial charge in [0, 0.05) is 18.5 Å². The van der Waals surface area contributed by atoms with E-state index in [9.17, 15) is 9.90 Å². The van der Waals surface area contributed by atoms with Gasteiger partial charge in [-0.1, -0.05) is 6.07 Å². The van der Waals surface area contributed by atoms with Gasteiger partial charge in [-0.2, -0.15) is 0 Å². The lowest BCUT2D eigenvalue weighted by atomic mass is 10.1. The van der Waals surface area contributed by atoms with Crippen LogP contribution in [0.4, 0.5) is 0 Å². The Kier molecular flexibility index (Phi) is 4.10. The maximum Gasteiger partial charge on any atom is 0.230 e. The molecule has 4 heteroatoms. The van der Waals surface area contributed by atoms with Crippen molar-refractivity contribution in [3.63, 3.8) is 0 Å². The predicted octanol–water partition coefficient (Wildman–Crippen LogP) is 2.08. The van der Waals surface area contributed by atoms with E-state index in [0.717, 1.165) is 4.88 Å². The van der Waals surface area contributed by atoms with Gasteiger partial charge in [-0.3, -0.25) is 4.79 Å². The van der Waals surface area contributed by atoms with Crippen molar-refractivity contribution >= 4 is 17.2 Å². The average Bonchev–Trinajstić information content (AvgIpc) is 2.65. The summed E-state index contributed by atoms with van der Waals surface area (Å²) in [5.74, 6) is -0.0862. The molecule has 0 bridgehead atoms. The van der Waals surface area contributed by atoms with Crippen LogP contribution in [-0.2, 0) is 4.79 Å². The Morgan fingerprint density at radius 1 is 1.62 bits per heavy atom. The smallest absolute Gasteiger partial charge is 0.230 e. The molecule has 0 saturated heterocycles. The van der Waals surface area contributed by atoms with E-state index < -0.39 is 5.60 Å². The number of thiophene rings is 1. The summed E-state index contributed by atoms with van der Waals surface area (Å²) in [5.41, 5.74) is -0.848. The van der Waals surface area contributed by atoms with E-state index in [2.05, 4.69) is 0 Å². The summed E-state index contributed by atoms with van der Waals surface area (Å²) in [5, 5.41) is 11.6. The average molecular weight is 241 g/mol. The van der Waals surface area contributed by atoms with Crippen molar-refractivity contribution < 1.29 is 9.90 Å². The molecule has 1 atom stereocenters. The van der Waals surface area contributed by atoms with Crippen LogP contribution in [0.1, 0.15) is 31.6 Å². The van der Waals surface area contributed by atoms with Gasteiger partial charge in [-0.25, -0.2) is 0 Å². The summed E-state index contributed by atoms with van der Waals surface area (Å²) in [6.07, 6.45) is 0. The minimum absolute atomic E-state index is 0.0459. The molecule has 1 rings (SSSR count). The third-order valence-electron chi connectivity index (χ3n) is 2.34. The molecule has 0 aliphatic rings. The predicted molar refractivity (Wildman–Crippen MR) is 66.7 cm³/mol. The van der Waals surface area contributed by atoms with Gasteiger partial charge in [0.25, 0.3) is 0 Å². The lowest BCUT2D eigenvalue weighted by Crippen LogP contribution is -2.41. The van der Waals surface area contributed by atoms with Crippen molar-refractivity contribution in [2.45, 2.75) is 32.3 Å².